The summed E-state index contributed by atoms with van der Waals surface area (Å²) in [6.45, 7) is 36.6. The summed E-state index contributed by atoms with van der Waals surface area (Å²) in [5, 5.41) is 0.673. The molecule has 0 bridgehead atoms. The zero-order valence-electron chi connectivity index (χ0n) is 47.9. The Morgan fingerprint density at radius 2 is 0.742 bits per heavy atom. The second kappa shape index (κ2) is 41.2. The van der Waals surface area contributed by atoms with Gasteiger partial charge in [-0.05, 0) is 54.6 Å². The molecule has 0 saturated heterocycles. The molecular weight excluding hydrogens is 824 g/mol. The lowest BCUT2D eigenvalue weighted by Crippen LogP contribution is -2.41. The van der Waals surface area contributed by atoms with Crippen LogP contribution in [0.5, 0.6) is 0 Å². The van der Waals surface area contributed by atoms with Crippen LogP contribution < -0.4 is 5.30 Å². The number of hydrogen-bond acceptors (Lipinski definition) is 0. The summed E-state index contributed by atoms with van der Waals surface area (Å²) in [5.74, 6) is 7.60. The monoisotopic (exact) mass is 947 g/mol. The molecule has 0 fully saturated rings. The fourth-order valence-electron chi connectivity index (χ4n) is 13.3. The lowest BCUT2D eigenvalue weighted by molar-refractivity contribution is 0.368. The van der Waals surface area contributed by atoms with Crippen LogP contribution in [0.1, 0.15) is 271 Å². The summed E-state index contributed by atoms with van der Waals surface area (Å²) < 4.78 is 27.4. The van der Waals surface area contributed by atoms with Gasteiger partial charge in [-0.15, -0.1) is 0 Å². The van der Waals surface area contributed by atoms with Gasteiger partial charge in [0.25, 0.3) is 0 Å². The highest BCUT2D eigenvalue weighted by atomic mass is 31.1. The Morgan fingerprint density at radius 3 is 1.05 bits per heavy atom. The van der Waals surface area contributed by atoms with Crippen molar-refractivity contribution in [1.29, 1.82) is 0 Å². The lowest BCUT2D eigenvalue weighted by Gasteiger charge is -2.48. The molecule has 1 rings (SSSR count). The highest BCUT2D eigenvalue weighted by Crippen LogP contribution is 2.43. The summed E-state index contributed by atoms with van der Waals surface area (Å²) in [6, 6.07) is 3.95. The van der Waals surface area contributed by atoms with Crippen molar-refractivity contribution in [3.63, 3.8) is 0 Å². The summed E-state index contributed by atoms with van der Waals surface area (Å²) in [5.41, 5.74) is 0. The lowest BCUT2D eigenvalue weighted by atomic mass is 9.14. The van der Waals surface area contributed by atoms with E-state index in [0.29, 0.717) is 5.30 Å². The number of benzene rings is 1. The van der Waals surface area contributed by atoms with Gasteiger partial charge in [-0.2, -0.15) is 25.3 Å². The third-order valence-electron chi connectivity index (χ3n) is 17.2. The van der Waals surface area contributed by atoms with E-state index < -0.39 is 7.92 Å². The zero-order valence-corrected chi connectivity index (χ0v) is 48.9. The van der Waals surface area contributed by atoms with Gasteiger partial charge in [0.05, 0.1) is 12.3 Å². The molecule has 0 amide bonds. The first-order valence-electron chi connectivity index (χ1n) is 30.2. The Bertz CT molecular complexity index is 1110. The summed E-state index contributed by atoms with van der Waals surface area (Å²) in [6.07, 6.45) is 43.6. The second-order valence-electron chi connectivity index (χ2n) is 23.6. The van der Waals surface area contributed by atoms with Crippen molar-refractivity contribution >= 4 is 19.4 Å². The van der Waals surface area contributed by atoms with Crippen LogP contribution in [0.4, 0.5) is 8.78 Å². The van der Waals surface area contributed by atoms with Crippen LogP contribution in [0.15, 0.2) is 18.2 Å². The van der Waals surface area contributed by atoms with Gasteiger partial charge in [0.15, 0.2) is 5.82 Å². The standard InChI is InChI=1S/C44H92B.C18H29F2P/c1-13-21-41(17-5)29-25-37(9)33-45(34-38(10)26-30-42(18-6)22-14-2,35-39(11)27-31-43(19-7)23-15-3)36-40(12)28-32-44(20-8)24-16-4;1-4-7-8-15(6-3)11-13-21(12-5-2)18-14-16(19)9-10-17(18)20/h37-44H,13-36H2,1-12H3;9-10,14-15H,4-8,11-13H2,1-3H3/q-1;/p+1. The number of halogens is 2. The van der Waals surface area contributed by atoms with E-state index in [9.17, 15) is 8.78 Å². The average Bonchev–Trinajstić information content (AvgIpc) is 3.29. The quantitative estimate of drug-likeness (QED) is 0.0453. The molecule has 0 saturated carbocycles. The summed E-state index contributed by atoms with van der Waals surface area (Å²) >= 11 is 0. The highest BCUT2D eigenvalue weighted by Gasteiger charge is 2.32. The number of rotatable bonds is 42. The van der Waals surface area contributed by atoms with E-state index in [1.807, 2.05) is 0 Å². The van der Waals surface area contributed by atoms with Gasteiger partial charge in [0.2, 0.25) is 0 Å². The van der Waals surface area contributed by atoms with Crippen molar-refractivity contribution in [3.05, 3.63) is 29.8 Å². The van der Waals surface area contributed by atoms with Gasteiger partial charge in [-0.3, -0.25) is 0 Å². The molecule has 0 aliphatic rings. The van der Waals surface area contributed by atoms with Crippen molar-refractivity contribution in [1.82, 2.24) is 0 Å². The molecule has 0 spiro atoms. The topological polar surface area (TPSA) is 0 Å². The highest BCUT2D eigenvalue weighted by molar-refractivity contribution is 7.65. The molecule has 66 heavy (non-hydrogen) atoms. The van der Waals surface area contributed by atoms with Crippen LogP contribution in [-0.4, -0.2) is 18.5 Å². The number of unbranched alkanes of at least 4 members (excludes halogenated alkanes) is 1. The third kappa shape index (κ3) is 30.3. The van der Waals surface area contributed by atoms with Crippen molar-refractivity contribution in [3.8, 4) is 0 Å². The molecule has 1 aromatic rings. The molecule has 392 valence electrons. The van der Waals surface area contributed by atoms with Crippen LogP contribution in [0.25, 0.3) is 0 Å². The molecule has 0 aliphatic carbocycles. The van der Waals surface area contributed by atoms with E-state index >= 15 is 0 Å². The first-order valence-corrected chi connectivity index (χ1v) is 32.1. The summed E-state index contributed by atoms with van der Waals surface area (Å²) in [7, 11) is -0.970. The molecule has 10 unspecified atom stereocenters. The van der Waals surface area contributed by atoms with E-state index in [1.54, 1.807) is 25.3 Å². The Labute approximate surface area is 417 Å². The minimum Gasteiger partial charge on any atom is -0.207 e. The fourth-order valence-corrected chi connectivity index (χ4v) is 16.2. The predicted octanol–water partition coefficient (Wildman–Crippen LogP) is 22.2. The largest absolute Gasteiger partial charge is 0.207 e. The maximum Gasteiger partial charge on any atom is 0.165 e. The molecule has 0 nitrogen and oxygen atoms in total. The van der Waals surface area contributed by atoms with Gasteiger partial charge in [0, 0.05) is 20.1 Å². The van der Waals surface area contributed by atoms with Crippen LogP contribution in [0.3, 0.4) is 0 Å². The summed E-state index contributed by atoms with van der Waals surface area (Å²) in [4.78, 5) is 0. The van der Waals surface area contributed by atoms with E-state index in [1.165, 1.54) is 179 Å². The van der Waals surface area contributed by atoms with Gasteiger partial charge >= 0.3 is 0 Å². The zero-order chi connectivity index (χ0) is 49.8. The van der Waals surface area contributed by atoms with Crippen LogP contribution in [-0.2, 0) is 0 Å². The van der Waals surface area contributed by atoms with Gasteiger partial charge in [-0.1, -0.05) is 282 Å². The first-order chi connectivity index (χ1) is 31.7. The molecular formula is C62H122BF2P. The molecule has 10 atom stereocenters. The normalized spacial score (nSPS) is 17.4. The molecule has 0 heterocycles. The Morgan fingerprint density at radius 1 is 0.394 bits per heavy atom. The van der Waals surface area contributed by atoms with Crippen LogP contribution in [0, 0.1) is 64.9 Å². The van der Waals surface area contributed by atoms with Crippen LogP contribution in [0.2, 0.25) is 25.3 Å². The molecule has 0 aromatic heterocycles. The third-order valence-corrected chi connectivity index (χ3v) is 20.4. The SMILES string of the molecule is CCCC(CC)CCC(C)C[B-](CC(C)CCC(CC)CCC)(CC(C)CCC(CC)CCC)CC(C)CCC(CC)CCC.CCCCC(CC)CC[PH+](CCC)c1cc(F)ccc1F. The second-order valence-corrected chi connectivity index (χ2v) is 26.3. The minimum atomic E-state index is -0.970. The van der Waals surface area contributed by atoms with Gasteiger partial charge in [0.1, 0.15) is 11.1 Å². The Hall–Kier alpha value is -0.425. The predicted molar refractivity (Wildman–Crippen MR) is 306 cm³/mol. The smallest absolute Gasteiger partial charge is 0.165 e. The van der Waals surface area contributed by atoms with Gasteiger partial charge < -0.3 is 0 Å². The van der Waals surface area contributed by atoms with Gasteiger partial charge in [-0.25, -0.2) is 8.78 Å². The maximum absolute atomic E-state index is 14.0. The van der Waals surface area contributed by atoms with Crippen LogP contribution >= 0.6 is 7.92 Å². The van der Waals surface area contributed by atoms with Crippen molar-refractivity contribution in [2.24, 2.45) is 53.3 Å². The molecule has 0 aliphatic heterocycles. The Kier molecular flexibility index (Phi) is 41.0. The average molecular weight is 947 g/mol. The van der Waals surface area contributed by atoms with E-state index in [-0.39, 0.29) is 17.8 Å². The molecule has 1 aromatic carbocycles. The Balaban J connectivity index is 0.00000167. The number of hydrogen-bond donors (Lipinski definition) is 0. The van der Waals surface area contributed by atoms with Crippen molar-refractivity contribution in [2.75, 3.05) is 12.3 Å². The van der Waals surface area contributed by atoms with E-state index in [2.05, 4.69) is 104 Å². The molecule has 0 radical (unpaired) electrons. The first kappa shape index (κ1) is 65.6. The van der Waals surface area contributed by atoms with E-state index in [0.717, 1.165) is 72.0 Å². The van der Waals surface area contributed by atoms with Crippen molar-refractivity contribution in [2.45, 2.75) is 296 Å². The molecule has 4 heteroatoms. The fraction of sp³-hybridized carbons (Fsp3) is 0.903. The minimum absolute atomic E-state index is 0.208. The maximum atomic E-state index is 14.0. The molecule has 0 N–H and O–H groups in total. The van der Waals surface area contributed by atoms with E-state index in [4.69, 9.17) is 0 Å². The van der Waals surface area contributed by atoms with Crippen molar-refractivity contribution < 1.29 is 8.78 Å².